The van der Waals surface area contributed by atoms with Gasteiger partial charge in [-0.05, 0) is 31.5 Å². The first-order chi connectivity index (χ1) is 8.32. The fourth-order valence-corrected chi connectivity index (χ4v) is 1.43. The normalized spacial score (nSPS) is 13.8. The summed E-state index contributed by atoms with van der Waals surface area (Å²) in [4.78, 5) is 22.8. The van der Waals surface area contributed by atoms with Crippen LogP contribution >= 0.6 is 0 Å². The van der Waals surface area contributed by atoms with Crippen molar-refractivity contribution in [3.63, 3.8) is 0 Å². The monoisotopic (exact) mass is 250 g/mol. The fourth-order valence-electron chi connectivity index (χ4n) is 1.43. The van der Waals surface area contributed by atoms with Crippen LogP contribution in [-0.2, 0) is 4.79 Å². The molecule has 2 atom stereocenters. The van der Waals surface area contributed by atoms with Crippen LogP contribution in [0.5, 0.6) is 0 Å². The van der Waals surface area contributed by atoms with E-state index in [1.165, 1.54) is 6.07 Å². The number of benzene rings is 1. The van der Waals surface area contributed by atoms with Crippen molar-refractivity contribution in [2.45, 2.75) is 26.8 Å². The molecule has 0 fully saturated rings. The van der Waals surface area contributed by atoms with E-state index in [9.17, 15) is 9.59 Å². The SMILES string of the molecule is Cc1ccc(NC(=O)C(C)C(C)N)cc1C(=O)O. The number of nitrogens with two attached hydrogens (primary N) is 1. The van der Waals surface area contributed by atoms with Crippen molar-refractivity contribution in [3.8, 4) is 0 Å². The van der Waals surface area contributed by atoms with E-state index in [1.807, 2.05) is 0 Å². The Hall–Kier alpha value is -1.88. The van der Waals surface area contributed by atoms with Gasteiger partial charge in [-0.3, -0.25) is 4.79 Å². The number of hydrogen-bond acceptors (Lipinski definition) is 3. The maximum atomic E-state index is 11.8. The fraction of sp³-hybridized carbons (Fsp3) is 0.385. The number of carboxylic acid groups (broad SMARTS) is 1. The first-order valence-corrected chi connectivity index (χ1v) is 5.73. The maximum Gasteiger partial charge on any atom is 0.336 e. The molecule has 0 bridgehead atoms. The highest BCUT2D eigenvalue weighted by atomic mass is 16.4. The Morgan fingerprint density at radius 1 is 1.33 bits per heavy atom. The van der Waals surface area contributed by atoms with Gasteiger partial charge in [0, 0.05) is 11.7 Å². The van der Waals surface area contributed by atoms with Crippen LogP contribution < -0.4 is 11.1 Å². The largest absolute Gasteiger partial charge is 0.478 e. The molecule has 0 aliphatic rings. The number of carboxylic acids is 1. The molecule has 5 heteroatoms. The second kappa shape index (κ2) is 5.64. The van der Waals surface area contributed by atoms with Crippen molar-refractivity contribution < 1.29 is 14.7 Å². The summed E-state index contributed by atoms with van der Waals surface area (Å²) in [5.74, 6) is -1.56. The minimum absolute atomic E-state index is 0.182. The zero-order chi connectivity index (χ0) is 13.9. The second-order valence-corrected chi connectivity index (χ2v) is 4.47. The number of nitrogens with one attached hydrogen (secondary N) is 1. The molecular formula is C13H18N2O3. The van der Waals surface area contributed by atoms with E-state index >= 15 is 0 Å². The number of aryl methyl sites for hydroxylation is 1. The van der Waals surface area contributed by atoms with E-state index in [2.05, 4.69) is 5.32 Å². The number of carbonyl (C=O) groups is 2. The summed E-state index contributed by atoms with van der Waals surface area (Å²) in [7, 11) is 0. The molecule has 0 spiro atoms. The van der Waals surface area contributed by atoms with Crippen LogP contribution in [0.25, 0.3) is 0 Å². The molecule has 0 aliphatic heterocycles. The van der Waals surface area contributed by atoms with Gasteiger partial charge in [0.05, 0.1) is 11.5 Å². The van der Waals surface area contributed by atoms with Crippen molar-refractivity contribution in [2.75, 3.05) is 5.32 Å². The Morgan fingerprint density at radius 3 is 2.44 bits per heavy atom. The molecule has 1 rings (SSSR count). The summed E-state index contributed by atoms with van der Waals surface area (Å²) < 4.78 is 0. The van der Waals surface area contributed by atoms with Crippen molar-refractivity contribution >= 4 is 17.6 Å². The summed E-state index contributed by atoms with van der Waals surface area (Å²) >= 11 is 0. The van der Waals surface area contributed by atoms with Gasteiger partial charge in [0.2, 0.25) is 5.91 Å². The van der Waals surface area contributed by atoms with Gasteiger partial charge in [-0.2, -0.15) is 0 Å². The molecule has 0 heterocycles. The topological polar surface area (TPSA) is 92.4 Å². The predicted molar refractivity (Wildman–Crippen MR) is 69.6 cm³/mol. The smallest absolute Gasteiger partial charge is 0.336 e. The summed E-state index contributed by atoms with van der Waals surface area (Å²) in [5, 5.41) is 11.7. The van der Waals surface area contributed by atoms with Gasteiger partial charge < -0.3 is 16.2 Å². The van der Waals surface area contributed by atoms with E-state index in [0.29, 0.717) is 11.3 Å². The van der Waals surface area contributed by atoms with Crippen molar-refractivity contribution in [2.24, 2.45) is 11.7 Å². The van der Waals surface area contributed by atoms with Crippen LogP contribution in [0.2, 0.25) is 0 Å². The average molecular weight is 250 g/mol. The molecule has 0 saturated carbocycles. The first kappa shape index (κ1) is 14.2. The third kappa shape index (κ3) is 3.30. The molecule has 0 aromatic heterocycles. The van der Waals surface area contributed by atoms with Crippen LogP contribution in [0.15, 0.2) is 18.2 Å². The van der Waals surface area contributed by atoms with Crippen molar-refractivity contribution in [3.05, 3.63) is 29.3 Å². The summed E-state index contributed by atoms with van der Waals surface area (Å²) in [6.07, 6.45) is 0. The van der Waals surface area contributed by atoms with Gasteiger partial charge in [-0.25, -0.2) is 4.79 Å². The summed E-state index contributed by atoms with van der Waals surface area (Å²) in [6.45, 7) is 5.19. The summed E-state index contributed by atoms with van der Waals surface area (Å²) in [6, 6.07) is 4.53. The Labute approximate surface area is 106 Å². The van der Waals surface area contributed by atoms with Crippen molar-refractivity contribution in [1.29, 1.82) is 0 Å². The molecule has 5 nitrogen and oxygen atoms in total. The number of aromatic carboxylic acids is 1. The molecule has 0 radical (unpaired) electrons. The third-order valence-electron chi connectivity index (χ3n) is 2.94. The molecular weight excluding hydrogens is 232 g/mol. The van der Waals surface area contributed by atoms with Gasteiger partial charge in [0.1, 0.15) is 0 Å². The second-order valence-electron chi connectivity index (χ2n) is 4.47. The lowest BCUT2D eigenvalue weighted by molar-refractivity contribution is -0.119. The third-order valence-corrected chi connectivity index (χ3v) is 2.94. The molecule has 4 N–H and O–H groups in total. The Morgan fingerprint density at radius 2 is 1.94 bits per heavy atom. The Balaban J connectivity index is 2.89. The number of rotatable bonds is 4. The lowest BCUT2D eigenvalue weighted by Gasteiger charge is -2.15. The van der Waals surface area contributed by atoms with Gasteiger partial charge in [0.15, 0.2) is 0 Å². The van der Waals surface area contributed by atoms with Crippen LogP contribution in [0, 0.1) is 12.8 Å². The summed E-state index contributed by atoms with van der Waals surface area (Å²) in [5.41, 5.74) is 6.94. The minimum Gasteiger partial charge on any atom is -0.478 e. The van der Waals surface area contributed by atoms with Crippen molar-refractivity contribution in [1.82, 2.24) is 0 Å². The van der Waals surface area contributed by atoms with Crippen LogP contribution in [0.1, 0.15) is 29.8 Å². The van der Waals surface area contributed by atoms with Crippen LogP contribution in [-0.4, -0.2) is 23.0 Å². The molecule has 0 saturated heterocycles. The van der Waals surface area contributed by atoms with E-state index in [1.54, 1.807) is 32.9 Å². The highest BCUT2D eigenvalue weighted by Gasteiger charge is 2.17. The van der Waals surface area contributed by atoms with Crippen LogP contribution in [0.4, 0.5) is 5.69 Å². The molecule has 1 aromatic carbocycles. The lowest BCUT2D eigenvalue weighted by Crippen LogP contribution is -2.34. The zero-order valence-corrected chi connectivity index (χ0v) is 10.7. The highest BCUT2D eigenvalue weighted by Crippen LogP contribution is 2.16. The quantitative estimate of drug-likeness (QED) is 0.757. The van der Waals surface area contributed by atoms with E-state index in [-0.39, 0.29) is 23.4 Å². The van der Waals surface area contributed by atoms with Gasteiger partial charge in [-0.15, -0.1) is 0 Å². The van der Waals surface area contributed by atoms with Crippen LogP contribution in [0.3, 0.4) is 0 Å². The number of anilines is 1. The van der Waals surface area contributed by atoms with E-state index in [0.717, 1.165) is 0 Å². The molecule has 1 amide bonds. The Kier molecular flexibility index (Phi) is 4.44. The zero-order valence-electron chi connectivity index (χ0n) is 10.7. The minimum atomic E-state index is -1.01. The molecule has 1 aromatic rings. The maximum absolute atomic E-state index is 11.8. The molecule has 18 heavy (non-hydrogen) atoms. The van der Waals surface area contributed by atoms with Gasteiger partial charge in [-0.1, -0.05) is 13.0 Å². The first-order valence-electron chi connectivity index (χ1n) is 5.73. The predicted octanol–water partition coefficient (Wildman–Crippen LogP) is 1.62. The lowest BCUT2D eigenvalue weighted by atomic mass is 10.0. The van der Waals surface area contributed by atoms with E-state index in [4.69, 9.17) is 10.8 Å². The number of hydrogen-bond donors (Lipinski definition) is 3. The van der Waals surface area contributed by atoms with E-state index < -0.39 is 5.97 Å². The average Bonchev–Trinajstić information content (AvgIpc) is 2.29. The van der Waals surface area contributed by atoms with Gasteiger partial charge >= 0.3 is 5.97 Å². The molecule has 2 unspecified atom stereocenters. The molecule has 98 valence electrons. The standard InChI is InChI=1S/C13H18N2O3/c1-7-4-5-10(6-11(7)13(17)18)15-12(16)8(2)9(3)14/h4-6,8-9H,14H2,1-3H3,(H,15,16)(H,17,18). The number of carbonyl (C=O) groups excluding carboxylic acids is 1. The Bertz CT molecular complexity index is 469. The van der Waals surface area contributed by atoms with Gasteiger partial charge in [0.25, 0.3) is 0 Å². The number of amides is 1. The molecule has 0 aliphatic carbocycles. The highest BCUT2D eigenvalue weighted by molar-refractivity contribution is 5.95.